The summed E-state index contributed by atoms with van der Waals surface area (Å²) in [5.74, 6) is 0.860. The van der Waals surface area contributed by atoms with Crippen LogP contribution in [0.25, 0.3) is 11.1 Å². The van der Waals surface area contributed by atoms with Crippen LogP contribution in [0.5, 0.6) is 5.75 Å². The molecule has 25 heavy (non-hydrogen) atoms. The summed E-state index contributed by atoms with van der Waals surface area (Å²) in [6, 6.07) is 7.24. The largest absolute Gasteiger partial charge is 0.497 e. The lowest BCUT2D eigenvalue weighted by molar-refractivity contribution is 0.0526. The number of esters is 1. The SMILES string of the molecule is CCOC(=O)c1c(C)oc2nc(Nc3ccc(OC)cc3)nc(Cl)c12. The Bertz CT molecular complexity index is 922. The third-order valence-corrected chi connectivity index (χ3v) is 3.78. The number of carbonyl (C=O) groups is 1. The molecule has 8 heteroatoms. The molecular formula is C17H16ClN3O4. The van der Waals surface area contributed by atoms with Gasteiger partial charge in [-0.25, -0.2) is 4.79 Å². The normalized spacial score (nSPS) is 10.7. The molecule has 0 spiro atoms. The van der Waals surface area contributed by atoms with E-state index in [-0.39, 0.29) is 29.0 Å². The summed E-state index contributed by atoms with van der Waals surface area (Å²) in [5.41, 5.74) is 1.22. The molecule has 0 bridgehead atoms. The first kappa shape index (κ1) is 17.0. The van der Waals surface area contributed by atoms with Crippen LogP contribution in [-0.2, 0) is 4.74 Å². The van der Waals surface area contributed by atoms with E-state index < -0.39 is 5.97 Å². The summed E-state index contributed by atoms with van der Waals surface area (Å²) in [5, 5.41) is 3.49. The van der Waals surface area contributed by atoms with E-state index >= 15 is 0 Å². The minimum atomic E-state index is -0.514. The summed E-state index contributed by atoms with van der Waals surface area (Å²) >= 11 is 6.26. The van der Waals surface area contributed by atoms with Crippen LogP contribution in [0.4, 0.5) is 11.6 Å². The highest BCUT2D eigenvalue weighted by molar-refractivity contribution is 6.35. The van der Waals surface area contributed by atoms with Crippen LogP contribution >= 0.6 is 11.6 Å². The number of methoxy groups -OCH3 is 1. The number of nitrogens with zero attached hydrogens (tertiary/aromatic N) is 2. The van der Waals surface area contributed by atoms with E-state index in [1.807, 2.05) is 12.1 Å². The molecule has 0 unspecified atom stereocenters. The highest BCUT2D eigenvalue weighted by Crippen LogP contribution is 2.31. The number of nitrogens with one attached hydrogen (secondary N) is 1. The Morgan fingerprint density at radius 1 is 1.28 bits per heavy atom. The molecular weight excluding hydrogens is 346 g/mol. The summed E-state index contributed by atoms with van der Waals surface area (Å²) in [6.07, 6.45) is 0. The van der Waals surface area contributed by atoms with Gasteiger partial charge in [-0.3, -0.25) is 0 Å². The lowest BCUT2D eigenvalue weighted by atomic mass is 10.2. The highest BCUT2D eigenvalue weighted by atomic mass is 35.5. The Labute approximate surface area is 148 Å². The zero-order chi connectivity index (χ0) is 18.0. The fourth-order valence-electron chi connectivity index (χ4n) is 2.38. The second kappa shape index (κ2) is 6.98. The number of rotatable bonds is 5. The molecule has 130 valence electrons. The van der Waals surface area contributed by atoms with E-state index in [0.717, 1.165) is 11.4 Å². The Hall–Kier alpha value is -2.80. The predicted molar refractivity (Wildman–Crippen MR) is 93.8 cm³/mol. The molecule has 2 aromatic heterocycles. The van der Waals surface area contributed by atoms with Crippen molar-refractivity contribution in [3.05, 3.63) is 40.7 Å². The number of ether oxygens (including phenoxy) is 2. The van der Waals surface area contributed by atoms with Crippen LogP contribution in [0, 0.1) is 6.92 Å². The molecule has 3 rings (SSSR count). The van der Waals surface area contributed by atoms with E-state index in [9.17, 15) is 4.79 Å². The fourth-order valence-corrected chi connectivity index (χ4v) is 2.63. The number of benzene rings is 1. The fraction of sp³-hybridized carbons (Fsp3) is 0.235. The molecule has 0 atom stereocenters. The Kier molecular flexibility index (Phi) is 4.76. The minimum Gasteiger partial charge on any atom is -0.497 e. The third-order valence-electron chi connectivity index (χ3n) is 3.51. The maximum Gasteiger partial charge on any atom is 0.342 e. The second-order valence-electron chi connectivity index (χ2n) is 5.13. The van der Waals surface area contributed by atoms with Crippen LogP contribution in [0.15, 0.2) is 28.7 Å². The minimum absolute atomic E-state index is 0.112. The monoisotopic (exact) mass is 361 g/mol. The maximum atomic E-state index is 12.1. The van der Waals surface area contributed by atoms with Gasteiger partial charge in [-0.15, -0.1) is 0 Å². The number of aromatic nitrogens is 2. The molecule has 0 aliphatic heterocycles. The molecule has 0 radical (unpaired) electrons. The second-order valence-corrected chi connectivity index (χ2v) is 5.48. The quantitative estimate of drug-likeness (QED) is 0.540. The topological polar surface area (TPSA) is 86.5 Å². The summed E-state index contributed by atoms with van der Waals surface area (Å²) in [6.45, 7) is 3.63. The van der Waals surface area contributed by atoms with Crippen molar-refractivity contribution < 1.29 is 18.7 Å². The van der Waals surface area contributed by atoms with Gasteiger partial charge in [0.25, 0.3) is 0 Å². The van der Waals surface area contributed by atoms with Crippen LogP contribution < -0.4 is 10.1 Å². The van der Waals surface area contributed by atoms with Crippen molar-refractivity contribution in [1.82, 2.24) is 9.97 Å². The average Bonchev–Trinajstić information content (AvgIpc) is 2.92. The summed E-state index contributed by atoms with van der Waals surface area (Å²) in [7, 11) is 1.60. The van der Waals surface area contributed by atoms with Gasteiger partial charge in [-0.2, -0.15) is 9.97 Å². The number of hydrogen-bond donors (Lipinski definition) is 1. The van der Waals surface area contributed by atoms with Crippen LogP contribution in [-0.4, -0.2) is 29.7 Å². The van der Waals surface area contributed by atoms with Crippen molar-refractivity contribution in [3.63, 3.8) is 0 Å². The van der Waals surface area contributed by atoms with Gasteiger partial charge >= 0.3 is 5.97 Å². The predicted octanol–water partition coefficient (Wildman–Crippen LogP) is 4.11. The average molecular weight is 362 g/mol. The van der Waals surface area contributed by atoms with Gasteiger partial charge < -0.3 is 19.2 Å². The van der Waals surface area contributed by atoms with Crippen molar-refractivity contribution >= 4 is 40.3 Å². The molecule has 0 saturated heterocycles. The molecule has 0 aliphatic rings. The summed E-state index contributed by atoms with van der Waals surface area (Å²) < 4.78 is 15.7. The van der Waals surface area contributed by atoms with E-state index in [4.69, 9.17) is 25.5 Å². The van der Waals surface area contributed by atoms with E-state index in [0.29, 0.717) is 11.1 Å². The molecule has 0 aliphatic carbocycles. The number of carbonyl (C=O) groups excluding carboxylic acids is 1. The molecule has 2 heterocycles. The van der Waals surface area contributed by atoms with Gasteiger partial charge in [0.1, 0.15) is 22.2 Å². The molecule has 0 fully saturated rings. The van der Waals surface area contributed by atoms with E-state index in [2.05, 4.69) is 15.3 Å². The van der Waals surface area contributed by atoms with Gasteiger partial charge in [0.2, 0.25) is 11.7 Å². The first-order valence-electron chi connectivity index (χ1n) is 7.58. The Morgan fingerprint density at radius 3 is 2.64 bits per heavy atom. The summed E-state index contributed by atoms with van der Waals surface area (Å²) in [4.78, 5) is 20.6. The molecule has 0 saturated carbocycles. The van der Waals surface area contributed by atoms with E-state index in [1.165, 1.54) is 0 Å². The third kappa shape index (κ3) is 3.36. The number of fused-ring (bicyclic) bond motifs is 1. The maximum absolute atomic E-state index is 12.1. The van der Waals surface area contributed by atoms with Crippen molar-refractivity contribution in [2.45, 2.75) is 13.8 Å². The number of halogens is 1. The van der Waals surface area contributed by atoms with Crippen molar-refractivity contribution in [1.29, 1.82) is 0 Å². The first-order chi connectivity index (χ1) is 12.0. The lowest BCUT2D eigenvalue weighted by Gasteiger charge is -2.06. The highest BCUT2D eigenvalue weighted by Gasteiger charge is 2.24. The number of anilines is 2. The van der Waals surface area contributed by atoms with Crippen LogP contribution in [0.1, 0.15) is 23.0 Å². The number of aryl methyl sites for hydroxylation is 1. The Balaban J connectivity index is 1.97. The molecule has 3 aromatic rings. The zero-order valence-corrected chi connectivity index (χ0v) is 14.7. The first-order valence-corrected chi connectivity index (χ1v) is 7.96. The van der Waals surface area contributed by atoms with Crippen LogP contribution in [0.2, 0.25) is 5.15 Å². The zero-order valence-electron chi connectivity index (χ0n) is 13.9. The van der Waals surface area contributed by atoms with Gasteiger partial charge in [0.15, 0.2) is 0 Å². The smallest absolute Gasteiger partial charge is 0.342 e. The number of hydrogen-bond acceptors (Lipinski definition) is 7. The molecule has 0 amide bonds. The molecule has 1 N–H and O–H groups in total. The number of furan rings is 1. The van der Waals surface area contributed by atoms with Gasteiger partial charge in [-0.05, 0) is 38.1 Å². The van der Waals surface area contributed by atoms with Crippen molar-refractivity contribution in [2.75, 3.05) is 19.0 Å². The lowest BCUT2D eigenvalue weighted by Crippen LogP contribution is -2.06. The van der Waals surface area contributed by atoms with Crippen molar-refractivity contribution in [3.8, 4) is 5.75 Å². The van der Waals surface area contributed by atoms with Gasteiger partial charge in [0.05, 0.1) is 19.1 Å². The Morgan fingerprint density at radius 2 is 2.00 bits per heavy atom. The van der Waals surface area contributed by atoms with Gasteiger partial charge in [-0.1, -0.05) is 11.6 Å². The standard InChI is InChI=1S/C17H16ClN3O4/c1-4-24-16(22)12-9(2)25-15-13(12)14(18)20-17(21-15)19-10-5-7-11(23-3)8-6-10/h5-8H,4H2,1-3H3,(H,19,20,21). The van der Waals surface area contributed by atoms with Crippen LogP contribution in [0.3, 0.4) is 0 Å². The molecule has 1 aromatic carbocycles. The van der Waals surface area contributed by atoms with Gasteiger partial charge in [0, 0.05) is 5.69 Å². The van der Waals surface area contributed by atoms with E-state index in [1.54, 1.807) is 33.1 Å². The molecule has 7 nitrogen and oxygen atoms in total. The van der Waals surface area contributed by atoms with Crippen molar-refractivity contribution in [2.24, 2.45) is 0 Å².